The second kappa shape index (κ2) is 6.69. The zero-order valence-electron chi connectivity index (χ0n) is 10.5. The molecule has 1 fully saturated rings. The summed E-state index contributed by atoms with van der Waals surface area (Å²) in [7, 11) is 0. The van der Waals surface area contributed by atoms with Crippen molar-refractivity contribution in [1.29, 1.82) is 5.26 Å². The maximum atomic E-state index is 12.1. The summed E-state index contributed by atoms with van der Waals surface area (Å²) in [6.07, 6.45) is 1.13. The monoisotopic (exact) mass is 322 g/mol. The van der Waals surface area contributed by atoms with Crippen LogP contribution >= 0.6 is 15.9 Å². The largest absolute Gasteiger partial charge is 0.376 e. The van der Waals surface area contributed by atoms with Gasteiger partial charge in [-0.25, -0.2) is 0 Å². The number of hydrogen-bond donors (Lipinski definition) is 0. The summed E-state index contributed by atoms with van der Waals surface area (Å²) in [5.41, 5.74) is 1.12. The van der Waals surface area contributed by atoms with Crippen LogP contribution in [0.4, 0.5) is 0 Å². The van der Waals surface area contributed by atoms with Crippen molar-refractivity contribution in [1.82, 2.24) is 4.90 Å². The van der Waals surface area contributed by atoms with Gasteiger partial charge in [0, 0.05) is 17.4 Å². The van der Waals surface area contributed by atoms with Crippen LogP contribution in [-0.4, -0.2) is 36.6 Å². The molecule has 5 heteroatoms. The number of benzene rings is 1. The fraction of sp³-hybridized carbons (Fsp3) is 0.429. The standard InChI is InChI=1S/C14H15BrN2O2/c15-12-4-1-11(2-5-12)3-6-14(18)17-7-8-19-10-13(17)9-16/h1-2,4-5,13H,3,6-8,10H2/t13-/m0/s1. The molecule has 0 radical (unpaired) electrons. The Labute approximate surface area is 121 Å². The van der Waals surface area contributed by atoms with Gasteiger partial charge >= 0.3 is 0 Å². The zero-order chi connectivity index (χ0) is 13.7. The van der Waals surface area contributed by atoms with Crippen molar-refractivity contribution in [2.45, 2.75) is 18.9 Å². The summed E-state index contributed by atoms with van der Waals surface area (Å²) in [6.45, 7) is 1.35. The van der Waals surface area contributed by atoms with Crippen LogP contribution in [0.25, 0.3) is 0 Å². The number of ether oxygens (including phenoxy) is 1. The smallest absolute Gasteiger partial charge is 0.224 e. The fourth-order valence-corrected chi connectivity index (χ4v) is 2.32. The molecule has 0 unspecified atom stereocenters. The minimum atomic E-state index is -0.439. The average molecular weight is 323 g/mol. The Kier molecular flexibility index (Phi) is 4.94. The lowest BCUT2D eigenvalue weighted by Crippen LogP contribution is -2.48. The molecule has 0 bridgehead atoms. The maximum absolute atomic E-state index is 12.1. The fourth-order valence-electron chi connectivity index (χ4n) is 2.06. The Morgan fingerprint density at radius 2 is 2.21 bits per heavy atom. The van der Waals surface area contributed by atoms with E-state index in [2.05, 4.69) is 22.0 Å². The Balaban J connectivity index is 1.90. The van der Waals surface area contributed by atoms with E-state index in [4.69, 9.17) is 10.00 Å². The van der Waals surface area contributed by atoms with Gasteiger partial charge in [-0.05, 0) is 24.1 Å². The maximum Gasteiger partial charge on any atom is 0.224 e. The van der Waals surface area contributed by atoms with E-state index in [-0.39, 0.29) is 5.91 Å². The lowest BCUT2D eigenvalue weighted by atomic mass is 10.1. The number of amides is 1. The van der Waals surface area contributed by atoms with E-state index in [1.807, 2.05) is 24.3 Å². The van der Waals surface area contributed by atoms with Gasteiger partial charge in [-0.3, -0.25) is 4.79 Å². The van der Waals surface area contributed by atoms with Crippen LogP contribution in [0, 0.1) is 11.3 Å². The third-order valence-corrected chi connectivity index (χ3v) is 3.67. The van der Waals surface area contributed by atoms with Gasteiger partial charge in [-0.2, -0.15) is 5.26 Å². The molecule has 1 saturated heterocycles. The van der Waals surface area contributed by atoms with Gasteiger partial charge in [0.25, 0.3) is 0 Å². The van der Waals surface area contributed by atoms with Gasteiger partial charge in [0.2, 0.25) is 5.91 Å². The third-order valence-electron chi connectivity index (χ3n) is 3.14. The normalized spacial score (nSPS) is 18.9. The first-order valence-corrected chi connectivity index (χ1v) is 7.01. The molecular formula is C14H15BrN2O2. The molecule has 4 nitrogen and oxygen atoms in total. The summed E-state index contributed by atoms with van der Waals surface area (Å²) in [5.74, 6) is 0.0257. The van der Waals surface area contributed by atoms with Gasteiger partial charge in [0.15, 0.2) is 0 Å². The molecule has 0 saturated carbocycles. The molecule has 1 aromatic carbocycles. The van der Waals surface area contributed by atoms with E-state index < -0.39 is 6.04 Å². The van der Waals surface area contributed by atoms with Crippen LogP contribution in [0.1, 0.15) is 12.0 Å². The van der Waals surface area contributed by atoms with Crippen LogP contribution in [0.3, 0.4) is 0 Å². The molecular weight excluding hydrogens is 308 g/mol. The number of carbonyl (C=O) groups is 1. The number of nitrogens with zero attached hydrogens (tertiary/aromatic N) is 2. The summed E-state index contributed by atoms with van der Waals surface area (Å²) in [6, 6.07) is 9.60. The van der Waals surface area contributed by atoms with Crippen molar-refractivity contribution in [3.05, 3.63) is 34.3 Å². The van der Waals surface area contributed by atoms with Crippen molar-refractivity contribution in [3.8, 4) is 6.07 Å². The predicted molar refractivity (Wildman–Crippen MR) is 74.4 cm³/mol. The number of hydrogen-bond acceptors (Lipinski definition) is 3. The van der Waals surface area contributed by atoms with Crippen molar-refractivity contribution in [2.24, 2.45) is 0 Å². The lowest BCUT2D eigenvalue weighted by molar-refractivity contribution is -0.137. The molecule has 0 aliphatic carbocycles. The van der Waals surface area contributed by atoms with Gasteiger partial charge in [0.1, 0.15) is 6.04 Å². The number of aryl methyl sites for hydroxylation is 1. The van der Waals surface area contributed by atoms with Crippen molar-refractivity contribution in [2.75, 3.05) is 19.8 Å². The molecule has 1 aliphatic heterocycles. The second-order valence-corrected chi connectivity index (χ2v) is 5.35. The summed E-state index contributed by atoms with van der Waals surface area (Å²) < 4.78 is 6.24. The Morgan fingerprint density at radius 1 is 1.47 bits per heavy atom. The molecule has 1 atom stereocenters. The first-order valence-electron chi connectivity index (χ1n) is 6.22. The Morgan fingerprint density at radius 3 is 2.89 bits per heavy atom. The van der Waals surface area contributed by atoms with Crippen LogP contribution < -0.4 is 0 Å². The molecule has 1 heterocycles. The van der Waals surface area contributed by atoms with Crippen molar-refractivity contribution in [3.63, 3.8) is 0 Å². The predicted octanol–water partition coefficient (Wildman–Crippen LogP) is 2.13. The molecule has 19 heavy (non-hydrogen) atoms. The first kappa shape index (κ1) is 14.0. The molecule has 1 amide bonds. The number of halogens is 1. The van der Waals surface area contributed by atoms with Crippen LogP contribution in [0.2, 0.25) is 0 Å². The summed E-state index contributed by atoms with van der Waals surface area (Å²) >= 11 is 3.38. The highest BCUT2D eigenvalue weighted by Crippen LogP contribution is 2.14. The molecule has 1 aromatic rings. The topological polar surface area (TPSA) is 53.3 Å². The number of nitriles is 1. The molecule has 1 aliphatic rings. The van der Waals surface area contributed by atoms with E-state index in [1.165, 1.54) is 0 Å². The van der Waals surface area contributed by atoms with Crippen molar-refractivity contribution < 1.29 is 9.53 Å². The van der Waals surface area contributed by atoms with Gasteiger partial charge in [-0.15, -0.1) is 0 Å². The third kappa shape index (κ3) is 3.79. The molecule has 2 rings (SSSR count). The second-order valence-electron chi connectivity index (χ2n) is 4.43. The van der Waals surface area contributed by atoms with E-state index in [1.54, 1.807) is 4.90 Å². The molecule has 100 valence electrons. The van der Waals surface area contributed by atoms with Crippen molar-refractivity contribution >= 4 is 21.8 Å². The number of rotatable bonds is 3. The first-order chi connectivity index (χ1) is 9.20. The highest BCUT2D eigenvalue weighted by molar-refractivity contribution is 9.10. The van der Waals surface area contributed by atoms with Crippen LogP contribution in [-0.2, 0) is 16.0 Å². The number of morpholine rings is 1. The minimum absolute atomic E-state index is 0.0257. The average Bonchev–Trinajstić information content (AvgIpc) is 2.46. The van der Waals surface area contributed by atoms with E-state index >= 15 is 0 Å². The Bertz CT molecular complexity index is 481. The van der Waals surface area contributed by atoms with Gasteiger partial charge < -0.3 is 9.64 Å². The van der Waals surface area contributed by atoms with E-state index in [9.17, 15) is 4.79 Å². The SMILES string of the molecule is N#C[C@H]1COCCN1C(=O)CCc1ccc(Br)cc1. The van der Waals surface area contributed by atoms with Gasteiger partial charge in [0.05, 0.1) is 19.3 Å². The Hall–Kier alpha value is -1.38. The summed E-state index contributed by atoms with van der Waals surface area (Å²) in [5, 5.41) is 9.00. The van der Waals surface area contributed by atoms with E-state index in [0.717, 1.165) is 10.0 Å². The number of carbonyl (C=O) groups excluding carboxylic acids is 1. The zero-order valence-corrected chi connectivity index (χ0v) is 12.1. The summed E-state index contributed by atoms with van der Waals surface area (Å²) in [4.78, 5) is 13.7. The highest BCUT2D eigenvalue weighted by Gasteiger charge is 2.26. The molecule has 0 aromatic heterocycles. The molecule has 0 N–H and O–H groups in total. The van der Waals surface area contributed by atoms with Gasteiger partial charge in [-0.1, -0.05) is 28.1 Å². The quantitative estimate of drug-likeness (QED) is 0.856. The molecule has 0 spiro atoms. The highest BCUT2D eigenvalue weighted by atomic mass is 79.9. The van der Waals surface area contributed by atoms with E-state index in [0.29, 0.717) is 32.6 Å². The van der Waals surface area contributed by atoms with Crippen LogP contribution in [0.15, 0.2) is 28.7 Å². The minimum Gasteiger partial charge on any atom is -0.376 e. The van der Waals surface area contributed by atoms with Crippen LogP contribution in [0.5, 0.6) is 0 Å². The lowest BCUT2D eigenvalue weighted by Gasteiger charge is -2.31.